The van der Waals surface area contributed by atoms with Crippen molar-refractivity contribution < 1.29 is 19.0 Å². The number of ether oxygens (including phenoxy) is 1. The van der Waals surface area contributed by atoms with Crippen LogP contribution in [0.15, 0.2) is 12.1 Å². The summed E-state index contributed by atoms with van der Waals surface area (Å²) in [6, 6.07) is 3.71. The van der Waals surface area contributed by atoms with Gasteiger partial charge in [-0.15, -0.1) is 0 Å². The van der Waals surface area contributed by atoms with Crippen LogP contribution in [0.3, 0.4) is 0 Å². The van der Waals surface area contributed by atoms with E-state index in [4.69, 9.17) is 9.57 Å². The molecule has 0 spiro atoms. The zero-order valence-corrected chi connectivity index (χ0v) is 13.2. The van der Waals surface area contributed by atoms with Gasteiger partial charge in [0, 0.05) is 5.56 Å². The molecule has 4 nitrogen and oxygen atoms in total. The van der Waals surface area contributed by atoms with Gasteiger partial charge < -0.3 is 4.74 Å². The van der Waals surface area contributed by atoms with Crippen molar-refractivity contribution in [2.45, 2.75) is 27.7 Å². The molecule has 1 aromatic rings. The van der Waals surface area contributed by atoms with Crippen LogP contribution in [0.4, 0.5) is 0 Å². The van der Waals surface area contributed by atoms with Gasteiger partial charge in [0.05, 0.1) is 7.11 Å². The maximum absolute atomic E-state index is 10.8. The Bertz CT molecular complexity index is 422. The Labute approximate surface area is 121 Å². The number of rotatable bonds is 8. The molecule has 0 atom stereocenters. The molecule has 20 heavy (non-hydrogen) atoms. The number of benzene rings is 1. The first-order valence-corrected chi connectivity index (χ1v) is 7.13. The Morgan fingerprint density at radius 3 is 2.10 bits per heavy atom. The van der Waals surface area contributed by atoms with Gasteiger partial charge in [-0.2, -0.15) is 4.65 Å². The van der Waals surface area contributed by atoms with Crippen LogP contribution in [0.2, 0.25) is 0 Å². The number of hydrogen-bond donors (Lipinski definition) is 0. The average Bonchev–Trinajstić information content (AvgIpc) is 2.46. The number of carbonyl (C=O) groups excluding carboxylic acids is 1. The predicted octanol–water partition coefficient (Wildman–Crippen LogP) is 2.91. The Morgan fingerprint density at radius 2 is 1.70 bits per heavy atom. The van der Waals surface area contributed by atoms with Crippen molar-refractivity contribution in [1.29, 1.82) is 0 Å². The summed E-state index contributed by atoms with van der Waals surface area (Å²) in [5.74, 6) is 0.872. The highest BCUT2D eigenvalue weighted by atomic mass is 16.7. The largest absolute Gasteiger partial charge is 0.487 e. The summed E-state index contributed by atoms with van der Waals surface area (Å²) in [7, 11) is 1.74. The molecule has 0 aliphatic rings. The molecule has 4 heteroatoms. The van der Waals surface area contributed by atoms with E-state index >= 15 is 0 Å². The second kappa shape index (κ2) is 7.41. The normalized spacial score (nSPS) is 11.4. The zero-order valence-electron chi connectivity index (χ0n) is 13.2. The second-order valence-electron chi connectivity index (χ2n) is 5.05. The Balaban J connectivity index is 2.73. The van der Waals surface area contributed by atoms with Gasteiger partial charge in [-0.05, 0) is 51.0 Å². The topological polar surface area (TPSA) is 35.5 Å². The lowest BCUT2D eigenvalue weighted by atomic mass is 10.1. The maximum atomic E-state index is 10.8. The van der Waals surface area contributed by atoms with Crippen molar-refractivity contribution in [1.82, 2.24) is 0 Å². The molecule has 0 unspecified atom stereocenters. The van der Waals surface area contributed by atoms with Crippen LogP contribution in [0.25, 0.3) is 0 Å². The third kappa shape index (κ3) is 3.81. The number of carbonyl (C=O) groups is 1. The Kier molecular flexibility index (Phi) is 6.17. The highest BCUT2D eigenvalue weighted by Crippen LogP contribution is 2.24. The van der Waals surface area contributed by atoms with Crippen molar-refractivity contribution in [3.8, 4) is 5.75 Å². The molecule has 0 fully saturated rings. The third-order valence-electron chi connectivity index (χ3n) is 3.90. The number of quaternary nitrogens is 1. The van der Waals surface area contributed by atoms with Crippen LogP contribution in [-0.2, 0) is 4.84 Å². The third-order valence-corrected chi connectivity index (χ3v) is 3.90. The molecule has 112 valence electrons. The molecule has 0 aromatic heterocycles. The highest BCUT2D eigenvalue weighted by Gasteiger charge is 2.23. The van der Waals surface area contributed by atoms with E-state index in [1.165, 1.54) is 0 Å². The fraction of sp³-hybridized carbons (Fsp3) is 0.562. The Morgan fingerprint density at radius 1 is 1.15 bits per heavy atom. The van der Waals surface area contributed by atoms with Crippen molar-refractivity contribution in [3.05, 3.63) is 28.8 Å². The van der Waals surface area contributed by atoms with Gasteiger partial charge in [-0.25, -0.2) is 4.84 Å². The fourth-order valence-corrected chi connectivity index (χ4v) is 2.48. The number of hydroxylamine groups is 3. The SMILES string of the molecule is CC[N+](CC)(CCOc1c(C)cc(C=O)cc1C)OC. The van der Waals surface area contributed by atoms with Crippen molar-refractivity contribution in [2.24, 2.45) is 0 Å². The number of aldehydes is 1. The van der Waals surface area contributed by atoms with E-state index in [0.29, 0.717) is 16.8 Å². The molecule has 0 aliphatic heterocycles. The first kappa shape index (κ1) is 16.7. The average molecular weight is 280 g/mol. The standard InChI is InChI=1S/C16H26NO3/c1-6-17(7-2,19-5)8-9-20-16-13(3)10-15(12-18)11-14(16)4/h10-12H,6-9H2,1-5H3/q+1. The first-order chi connectivity index (χ1) is 9.51. The summed E-state index contributed by atoms with van der Waals surface area (Å²) in [4.78, 5) is 16.4. The van der Waals surface area contributed by atoms with E-state index in [0.717, 1.165) is 42.8 Å². The lowest BCUT2D eigenvalue weighted by Gasteiger charge is -2.32. The van der Waals surface area contributed by atoms with Gasteiger partial charge in [0.25, 0.3) is 0 Å². The minimum Gasteiger partial charge on any atom is -0.487 e. The molecular formula is C16H26NO3+. The number of nitrogens with zero attached hydrogens (tertiary/aromatic N) is 1. The summed E-state index contributed by atoms with van der Waals surface area (Å²) in [5.41, 5.74) is 2.68. The predicted molar refractivity (Wildman–Crippen MR) is 80.0 cm³/mol. The van der Waals surface area contributed by atoms with Gasteiger partial charge in [0.1, 0.15) is 38.3 Å². The Hall–Kier alpha value is -1.39. The van der Waals surface area contributed by atoms with Gasteiger partial charge in [-0.3, -0.25) is 4.79 Å². The maximum Gasteiger partial charge on any atom is 0.150 e. The summed E-state index contributed by atoms with van der Waals surface area (Å²) in [5, 5.41) is 0. The monoisotopic (exact) mass is 280 g/mol. The first-order valence-electron chi connectivity index (χ1n) is 7.13. The van der Waals surface area contributed by atoms with E-state index in [9.17, 15) is 4.79 Å². The molecular weight excluding hydrogens is 254 g/mol. The molecule has 1 aromatic carbocycles. The van der Waals surface area contributed by atoms with Crippen molar-refractivity contribution in [2.75, 3.05) is 33.4 Å². The molecule has 0 heterocycles. The van der Waals surface area contributed by atoms with E-state index in [-0.39, 0.29) is 0 Å². The molecule has 0 saturated carbocycles. The lowest BCUT2D eigenvalue weighted by molar-refractivity contribution is -1.10. The zero-order chi connectivity index (χ0) is 15.2. The highest BCUT2D eigenvalue weighted by molar-refractivity contribution is 5.76. The van der Waals surface area contributed by atoms with Gasteiger partial charge in [-0.1, -0.05) is 0 Å². The van der Waals surface area contributed by atoms with E-state index in [2.05, 4.69) is 13.8 Å². The van der Waals surface area contributed by atoms with Crippen molar-refractivity contribution >= 4 is 6.29 Å². The van der Waals surface area contributed by atoms with Gasteiger partial charge in [0.15, 0.2) is 0 Å². The minimum absolute atomic E-state index is 0.588. The van der Waals surface area contributed by atoms with Crippen LogP contribution >= 0.6 is 0 Å². The summed E-state index contributed by atoms with van der Waals surface area (Å²) in [6.45, 7) is 11.4. The minimum atomic E-state index is 0.588. The smallest absolute Gasteiger partial charge is 0.150 e. The van der Waals surface area contributed by atoms with Crippen LogP contribution in [0.5, 0.6) is 5.75 Å². The number of aryl methyl sites for hydroxylation is 2. The fourth-order valence-electron chi connectivity index (χ4n) is 2.48. The molecule has 1 rings (SSSR count). The number of likely N-dealkylation sites (N-methyl/N-ethyl adjacent to an activating group) is 1. The molecule has 0 radical (unpaired) electrons. The molecule has 0 aliphatic carbocycles. The van der Waals surface area contributed by atoms with Gasteiger partial charge in [0.2, 0.25) is 0 Å². The molecule has 0 N–H and O–H groups in total. The van der Waals surface area contributed by atoms with Crippen LogP contribution < -0.4 is 4.74 Å². The van der Waals surface area contributed by atoms with E-state index in [1.54, 1.807) is 7.11 Å². The molecule has 0 saturated heterocycles. The lowest BCUT2D eigenvalue weighted by Crippen LogP contribution is -2.49. The summed E-state index contributed by atoms with van der Waals surface area (Å²) in [6.07, 6.45) is 0.866. The number of hydrogen-bond acceptors (Lipinski definition) is 3. The quantitative estimate of drug-likeness (QED) is 0.417. The van der Waals surface area contributed by atoms with Crippen LogP contribution in [-0.4, -0.2) is 44.3 Å². The van der Waals surface area contributed by atoms with Gasteiger partial charge >= 0.3 is 0 Å². The van der Waals surface area contributed by atoms with Crippen molar-refractivity contribution in [3.63, 3.8) is 0 Å². The van der Waals surface area contributed by atoms with Crippen LogP contribution in [0, 0.1) is 13.8 Å². The van der Waals surface area contributed by atoms with E-state index in [1.807, 2.05) is 26.0 Å². The van der Waals surface area contributed by atoms with E-state index < -0.39 is 0 Å². The second-order valence-corrected chi connectivity index (χ2v) is 5.05. The van der Waals surface area contributed by atoms with Crippen LogP contribution in [0.1, 0.15) is 35.3 Å². The summed E-state index contributed by atoms with van der Waals surface area (Å²) < 4.78 is 6.50. The summed E-state index contributed by atoms with van der Waals surface area (Å²) >= 11 is 0. The molecule has 0 bridgehead atoms. The molecule has 0 amide bonds.